The van der Waals surface area contributed by atoms with Crippen LogP contribution in [0.15, 0.2) is 24.3 Å². The van der Waals surface area contributed by atoms with Crippen LogP contribution in [0.1, 0.15) is 12.5 Å². The van der Waals surface area contributed by atoms with Gasteiger partial charge in [0.05, 0.1) is 0 Å². The topological polar surface area (TPSA) is 131 Å². The minimum atomic E-state index is -1.12. The van der Waals surface area contributed by atoms with Crippen molar-refractivity contribution in [2.24, 2.45) is 0 Å². The van der Waals surface area contributed by atoms with Crippen LogP contribution in [0.2, 0.25) is 0 Å². The van der Waals surface area contributed by atoms with Crippen LogP contribution in [0.4, 0.5) is 0 Å². The first-order valence-electron chi connectivity index (χ1n) is 5.72. The van der Waals surface area contributed by atoms with E-state index >= 15 is 0 Å². The summed E-state index contributed by atoms with van der Waals surface area (Å²) in [5.74, 6) is -0.156. The lowest BCUT2D eigenvalue weighted by atomic mass is 10.1. The van der Waals surface area contributed by atoms with E-state index in [1.807, 2.05) is 0 Å². The first kappa shape index (κ1) is 16.1. The van der Waals surface area contributed by atoms with Gasteiger partial charge in [0, 0.05) is 13.3 Å². The third-order valence-corrected chi connectivity index (χ3v) is 2.25. The molecule has 0 N–H and O–H groups in total. The van der Waals surface area contributed by atoms with Crippen molar-refractivity contribution in [3.8, 4) is 5.75 Å². The molecular weight excluding hydrogens is 288 g/mol. The summed E-state index contributed by atoms with van der Waals surface area (Å²) >= 11 is 0. The molecule has 0 aromatic heterocycles. The van der Waals surface area contributed by atoms with Crippen LogP contribution >= 0.6 is 0 Å². The van der Waals surface area contributed by atoms with Crippen molar-refractivity contribution in [2.45, 2.75) is 19.4 Å². The maximum absolute atomic E-state index is 10.7. The van der Waals surface area contributed by atoms with Gasteiger partial charge in [-0.05, 0) is 17.7 Å². The molecule has 0 aliphatic heterocycles. The second-order valence-corrected chi connectivity index (χ2v) is 3.91. The van der Waals surface area contributed by atoms with Gasteiger partial charge in [-0.1, -0.05) is 12.1 Å². The van der Waals surface area contributed by atoms with Crippen LogP contribution in [-0.4, -0.2) is 28.9 Å². The van der Waals surface area contributed by atoms with E-state index in [2.05, 4.69) is 9.68 Å². The molecular formula is C11H12N2O8. The SMILES string of the molecule is CC(=O)Oc1ccc(C[C@H](CO[N+](=O)[O-])O[N+](=O)[O-])cc1. The van der Waals surface area contributed by atoms with Crippen molar-refractivity contribution in [1.29, 1.82) is 0 Å². The highest BCUT2D eigenvalue weighted by molar-refractivity contribution is 5.69. The van der Waals surface area contributed by atoms with Crippen LogP contribution in [0, 0.1) is 20.2 Å². The highest BCUT2D eigenvalue weighted by Crippen LogP contribution is 2.14. The minimum Gasteiger partial charge on any atom is -0.427 e. The fraction of sp³-hybridized carbons (Fsp3) is 0.364. The van der Waals surface area contributed by atoms with Gasteiger partial charge >= 0.3 is 5.97 Å². The molecule has 0 radical (unpaired) electrons. The third kappa shape index (κ3) is 6.71. The second-order valence-electron chi connectivity index (χ2n) is 3.91. The molecule has 0 aliphatic rings. The van der Waals surface area contributed by atoms with Gasteiger partial charge in [-0.15, -0.1) is 20.2 Å². The van der Waals surface area contributed by atoms with Crippen molar-refractivity contribution in [1.82, 2.24) is 0 Å². The fourth-order valence-electron chi connectivity index (χ4n) is 1.51. The molecule has 0 heterocycles. The molecule has 0 aliphatic carbocycles. The number of hydrogen-bond acceptors (Lipinski definition) is 8. The first-order valence-corrected chi connectivity index (χ1v) is 5.72. The Labute approximate surface area is 118 Å². The Kier molecular flexibility index (Phi) is 5.86. The number of ether oxygens (including phenoxy) is 1. The van der Waals surface area contributed by atoms with Gasteiger partial charge in [0.25, 0.3) is 10.2 Å². The number of esters is 1. The Morgan fingerprint density at radius 1 is 1.19 bits per heavy atom. The number of nitrogens with zero attached hydrogens (tertiary/aromatic N) is 2. The van der Waals surface area contributed by atoms with Gasteiger partial charge in [0.2, 0.25) is 0 Å². The molecule has 10 nitrogen and oxygen atoms in total. The van der Waals surface area contributed by atoms with E-state index in [9.17, 15) is 25.0 Å². The monoisotopic (exact) mass is 300 g/mol. The van der Waals surface area contributed by atoms with Crippen molar-refractivity contribution in [2.75, 3.05) is 6.61 Å². The third-order valence-electron chi connectivity index (χ3n) is 2.25. The van der Waals surface area contributed by atoms with Gasteiger partial charge < -0.3 is 14.4 Å². The van der Waals surface area contributed by atoms with Crippen LogP contribution in [0.5, 0.6) is 5.75 Å². The summed E-state index contributed by atoms with van der Waals surface area (Å²) in [6, 6.07) is 6.10. The predicted molar refractivity (Wildman–Crippen MR) is 66.3 cm³/mol. The Morgan fingerprint density at radius 2 is 1.81 bits per heavy atom. The number of carbonyl (C=O) groups excluding carboxylic acids is 1. The molecule has 10 heteroatoms. The normalized spacial score (nSPS) is 11.3. The standard InChI is InChI=1S/C11H12N2O8/c1-8(14)20-10-4-2-9(3-5-10)6-11(21-13(17)18)7-19-12(15)16/h2-5,11H,6-7H2,1H3/t11-/m1/s1. The van der Waals surface area contributed by atoms with Gasteiger partial charge in [0.15, 0.2) is 0 Å². The molecule has 1 aromatic rings. The fourth-order valence-corrected chi connectivity index (χ4v) is 1.51. The Morgan fingerprint density at radius 3 is 2.29 bits per heavy atom. The van der Waals surface area contributed by atoms with E-state index < -0.39 is 28.9 Å². The lowest BCUT2D eigenvalue weighted by Gasteiger charge is -2.13. The molecule has 0 unspecified atom stereocenters. The molecule has 0 saturated heterocycles. The number of carbonyl (C=O) groups is 1. The van der Waals surface area contributed by atoms with Crippen LogP contribution in [0.25, 0.3) is 0 Å². The molecule has 114 valence electrons. The summed E-state index contributed by atoms with van der Waals surface area (Å²) in [7, 11) is 0. The molecule has 0 amide bonds. The maximum atomic E-state index is 10.7. The van der Waals surface area contributed by atoms with Gasteiger partial charge in [-0.3, -0.25) is 4.79 Å². The maximum Gasteiger partial charge on any atom is 0.308 e. The number of rotatable bonds is 8. The molecule has 0 fully saturated rings. The Hall–Kier alpha value is -2.91. The highest BCUT2D eigenvalue weighted by Gasteiger charge is 2.16. The molecule has 1 rings (SSSR count). The summed E-state index contributed by atoms with van der Waals surface area (Å²) in [6.07, 6.45) is -1.10. The molecule has 0 bridgehead atoms. The van der Waals surface area contributed by atoms with Crippen molar-refractivity contribution < 1.29 is 29.4 Å². The summed E-state index contributed by atoms with van der Waals surface area (Å²) in [5.41, 5.74) is 0.602. The zero-order valence-corrected chi connectivity index (χ0v) is 11.0. The molecule has 1 aromatic carbocycles. The summed E-state index contributed by atoms with van der Waals surface area (Å²) in [5, 5.41) is 18.3. The zero-order valence-electron chi connectivity index (χ0n) is 11.0. The van der Waals surface area contributed by atoms with Gasteiger partial charge in [0.1, 0.15) is 18.5 Å². The van der Waals surface area contributed by atoms with E-state index in [1.165, 1.54) is 19.1 Å². The average Bonchev–Trinajstić information content (AvgIpc) is 2.37. The smallest absolute Gasteiger partial charge is 0.308 e. The first-order chi connectivity index (χ1) is 9.86. The van der Waals surface area contributed by atoms with E-state index in [1.54, 1.807) is 12.1 Å². The Balaban J connectivity index is 2.66. The minimum absolute atomic E-state index is 0.0230. The van der Waals surface area contributed by atoms with Crippen molar-refractivity contribution in [3.05, 3.63) is 50.1 Å². The highest BCUT2D eigenvalue weighted by atomic mass is 17.0. The molecule has 0 saturated carbocycles. The number of benzene rings is 1. The lowest BCUT2D eigenvalue weighted by molar-refractivity contribution is -0.789. The predicted octanol–water partition coefficient (Wildman–Crippen LogP) is 0.940. The molecule has 21 heavy (non-hydrogen) atoms. The van der Waals surface area contributed by atoms with Crippen LogP contribution in [-0.2, 0) is 20.9 Å². The summed E-state index contributed by atoms with van der Waals surface area (Å²) in [4.78, 5) is 39.6. The lowest BCUT2D eigenvalue weighted by Crippen LogP contribution is -2.26. The largest absolute Gasteiger partial charge is 0.427 e. The quantitative estimate of drug-likeness (QED) is 0.300. The van der Waals surface area contributed by atoms with Crippen molar-refractivity contribution in [3.63, 3.8) is 0 Å². The van der Waals surface area contributed by atoms with Crippen LogP contribution < -0.4 is 4.74 Å². The second kappa shape index (κ2) is 7.62. The molecule has 1 atom stereocenters. The average molecular weight is 300 g/mol. The Bertz CT molecular complexity index is 515. The summed E-state index contributed by atoms with van der Waals surface area (Å²) in [6.45, 7) is 0.684. The summed E-state index contributed by atoms with van der Waals surface area (Å²) < 4.78 is 4.83. The van der Waals surface area contributed by atoms with Crippen LogP contribution in [0.3, 0.4) is 0 Å². The van der Waals surface area contributed by atoms with E-state index in [0.717, 1.165) is 0 Å². The van der Waals surface area contributed by atoms with E-state index in [4.69, 9.17) is 4.74 Å². The van der Waals surface area contributed by atoms with E-state index in [-0.39, 0.29) is 6.42 Å². The van der Waals surface area contributed by atoms with Crippen molar-refractivity contribution >= 4 is 5.97 Å². The number of hydrogen-bond donors (Lipinski definition) is 0. The molecule has 0 spiro atoms. The zero-order chi connectivity index (χ0) is 15.8. The van der Waals surface area contributed by atoms with E-state index in [0.29, 0.717) is 11.3 Å². The van der Waals surface area contributed by atoms with Gasteiger partial charge in [-0.2, -0.15) is 0 Å². The van der Waals surface area contributed by atoms with Gasteiger partial charge in [-0.25, -0.2) is 0 Å².